The van der Waals surface area contributed by atoms with Crippen molar-refractivity contribution in [2.75, 3.05) is 51.6 Å². The third-order valence-corrected chi connectivity index (χ3v) is 6.16. The summed E-state index contributed by atoms with van der Waals surface area (Å²) < 4.78 is 26.6. The molecule has 2 saturated heterocycles. The van der Waals surface area contributed by atoms with Crippen LogP contribution in [0.3, 0.4) is 0 Å². The molecule has 0 aromatic rings. The summed E-state index contributed by atoms with van der Waals surface area (Å²) >= 11 is 0. The number of sulfonamides is 1. The van der Waals surface area contributed by atoms with Gasteiger partial charge in [-0.2, -0.15) is 0 Å². The minimum absolute atomic E-state index is 0.116. The Labute approximate surface area is 122 Å². The molecule has 2 fully saturated rings. The van der Waals surface area contributed by atoms with Crippen molar-refractivity contribution < 1.29 is 13.5 Å². The molecule has 2 N–H and O–H groups in total. The molecule has 0 saturated carbocycles. The van der Waals surface area contributed by atoms with Gasteiger partial charge in [-0.25, -0.2) is 12.7 Å². The average Bonchev–Trinajstić information content (AvgIpc) is 2.66. The zero-order valence-corrected chi connectivity index (χ0v) is 12.9. The highest BCUT2D eigenvalue weighted by Crippen LogP contribution is 2.14. The Morgan fingerprint density at radius 1 is 1.10 bits per heavy atom. The van der Waals surface area contributed by atoms with Crippen LogP contribution in [-0.2, 0) is 10.0 Å². The smallest absolute Gasteiger partial charge is 0.215 e. The Hall–Kier alpha value is -0.210. The zero-order chi connectivity index (χ0) is 14.4. The zero-order valence-electron chi connectivity index (χ0n) is 12.1. The Morgan fingerprint density at radius 3 is 2.65 bits per heavy atom. The van der Waals surface area contributed by atoms with E-state index < -0.39 is 10.0 Å². The van der Waals surface area contributed by atoms with Crippen LogP contribution in [0.5, 0.6) is 0 Å². The number of nitrogens with one attached hydrogen (secondary N) is 1. The van der Waals surface area contributed by atoms with Crippen LogP contribution < -0.4 is 5.32 Å². The SMILES string of the molecule is O=S(=O)(CC1CCCCN1)N1CCCN(CCO)CC1. The highest BCUT2D eigenvalue weighted by Gasteiger charge is 2.28. The number of nitrogens with zero attached hydrogens (tertiary/aromatic N) is 2. The van der Waals surface area contributed by atoms with E-state index in [9.17, 15) is 8.42 Å². The Balaban J connectivity index is 1.88. The molecule has 0 aromatic carbocycles. The van der Waals surface area contributed by atoms with Crippen LogP contribution in [0.2, 0.25) is 0 Å². The van der Waals surface area contributed by atoms with Gasteiger partial charge in [0.1, 0.15) is 0 Å². The summed E-state index contributed by atoms with van der Waals surface area (Å²) in [6.45, 7) is 4.46. The second kappa shape index (κ2) is 7.70. The quantitative estimate of drug-likeness (QED) is 0.714. The Morgan fingerprint density at radius 2 is 1.95 bits per heavy atom. The van der Waals surface area contributed by atoms with E-state index in [1.807, 2.05) is 0 Å². The van der Waals surface area contributed by atoms with Crippen LogP contribution in [0.1, 0.15) is 25.7 Å². The topological polar surface area (TPSA) is 72.9 Å². The summed E-state index contributed by atoms with van der Waals surface area (Å²) in [5.74, 6) is 0.229. The van der Waals surface area contributed by atoms with Crippen molar-refractivity contribution in [1.29, 1.82) is 0 Å². The van der Waals surface area contributed by atoms with Crippen molar-refractivity contribution in [2.24, 2.45) is 0 Å². The van der Waals surface area contributed by atoms with Gasteiger partial charge in [0.15, 0.2) is 0 Å². The largest absolute Gasteiger partial charge is 0.395 e. The van der Waals surface area contributed by atoms with E-state index in [0.717, 1.165) is 45.3 Å². The summed E-state index contributed by atoms with van der Waals surface area (Å²) in [6.07, 6.45) is 4.08. The highest BCUT2D eigenvalue weighted by atomic mass is 32.2. The van der Waals surface area contributed by atoms with Crippen LogP contribution in [0.15, 0.2) is 0 Å². The Kier molecular flexibility index (Phi) is 6.22. The third kappa shape index (κ3) is 4.66. The molecule has 20 heavy (non-hydrogen) atoms. The van der Waals surface area contributed by atoms with E-state index in [-0.39, 0.29) is 18.4 Å². The monoisotopic (exact) mass is 305 g/mol. The number of rotatable bonds is 5. The van der Waals surface area contributed by atoms with Crippen molar-refractivity contribution in [3.8, 4) is 0 Å². The van der Waals surface area contributed by atoms with Gasteiger partial charge in [-0.1, -0.05) is 6.42 Å². The van der Waals surface area contributed by atoms with Gasteiger partial charge in [-0.05, 0) is 32.4 Å². The lowest BCUT2D eigenvalue weighted by molar-refractivity contribution is 0.202. The highest BCUT2D eigenvalue weighted by molar-refractivity contribution is 7.89. The van der Waals surface area contributed by atoms with Crippen LogP contribution in [-0.4, -0.2) is 80.4 Å². The third-order valence-electron chi connectivity index (χ3n) is 4.18. The van der Waals surface area contributed by atoms with E-state index >= 15 is 0 Å². The molecule has 7 heteroatoms. The first kappa shape index (κ1) is 16.2. The number of piperidine rings is 1. The van der Waals surface area contributed by atoms with E-state index in [4.69, 9.17) is 5.11 Å². The van der Waals surface area contributed by atoms with Crippen molar-refractivity contribution in [2.45, 2.75) is 31.7 Å². The van der Waals surface area contributed by atoms with Gasteiger partial charge < -0.3 is 10.4 Å². The lowest BCUT2D eigenvalue weighted by Gasteiger charge is -2.27. The van der Waals surface area contributed by atoms with Crippen molar-refractivity contribution in [3.05, 3.63) is 0 Å². The van der Waals surface area contributed by atoms with Gasteiger partial charge in [-0.15, -0.1) is 0 Å². The van der Waals surface area contributed by atoms with E-state index in [1.54, 1.807) is 4.31 Å². The minimum atomic E-state index is -3.16. The van der Waals surface area contributed by atoms with Gasteiger partial charge in [-0.3, -0.25) is 4.90 Å². The van der Waals surface area contributed by atoms with Crippen LogP contribution in [0, 0.1) is 0 Å². The molecule has 0 spiro atoms. The van der Waals surface area contributed by atoms with Crippen LogP contribution in [0.4, 0.5) is 0 Å². The number of β-amino-alcohol motifs (C(OH)–C–C–N with tert-alkyl or cyclic N) is 1. The molecule has 0 amide bonds. The normalized spacial score (nSPS) is 27.4. The Bertz CT molecular complexity index is 382. The number of hydrogen-bond acceptors (Lipinski definition) is 5. The molecular weight excluding hydrogens is 278 g/mol. The minimum Gasteiger partial charge on any atom is -0.395 e. The predicted molar refractivity (Wildman–Crippen MR) is 79.1 cm³/mol. The molecule has 2 heterocycles. The molecule has 1 atom stereocenters. The van der Waals surface area contributed by atoms with Gasteiger partial charge >= 0.3 is 0 Å². The summed E-state index contributed by atoms with van der Waals surface area (Å²) in [5, 5.41) is 12.3. The summed E-state index contributed by atoms with van der Waals surface area (Å²) in [7, 11) is -3.16. The maximum absolute atomic E-state index is 12.5. The molecule has 2 aliphatic rings. The average molecular weight is 305 g/mol. The van der Waals surface area contributed by atoms with Crippen LogP contribution >= 0.6 is 0 Å². The fourth-order valence-corrected chi connectivity index (χ4v) is 4.79. The van der Waals surface area contributed by atoms with Crippen molar-refractivity contribution in [3.63, 3.8) is 0 Å². The van der Waals surface area contributed by atoms with Crippen molar-refractivity contribution >= 4 is 10.0 Å². The maximum Gasteiger partial charge on any atom is 0.215 e. The first-order chi connectivity index (χ1) is 9.62. The molecule has 0 bridgehead atoms. The second-order valence-corrected chi connectivity index (χ2v) is 7.76. The lowest BCUT2D eigenvalue weighted by Crippen LogP contribution is -2.45. The standard InChI is InChI=1S/C13H27N3O3S/c17-11-10-15-6-3-7-16(9-8-15)20(18,19)12-13-4-1-2-5-14-13/h13-14,17H,1-12H2. The molecule has 0 aliphatic carbocycles. The summed E-state index contributed by atoms with van der Waals surface area (Å²) in [4.78, 5) is 2.13. The fraction of sp³-hybridized carbons (Fsp3) is 1.00. The maximum atomic E-state index is 12.5. The molecule has 2 rings (SSSR count). The van der Waals surface area contributed by atoms with Crippen molar-refractivity contribution in [1.82, 2.24) is 14.5 Å². The first-order valence-corrected chi connectivity index (χ1v) is 9.27. The molecule has 0 aromatic heterocycles. The number of aliphatic hydroxyl groups is 1. The first-order valence-electron chi connectivity index (χ1n) is 7.66. The number of hydrogen-bond donors (Lipinski definition) is 2. The molecule has 118 valence electrons. The van der Waals surface area contributed by atoms with Gasteiger partial charge in [0.2, 0.25) is 10.0 Å². The van der Waals surface area contributed by atoms with E-state index in [2.05, 4.69) is 10.2 Å². The fourth-order valence-electron chi connectivity index (χ4n) is 3.02. The van der Waals surface area contributed by atoms with Crippen LogP contribution in [0.25, 0.3) is 0 Å². The summed E-state index contributed by atoms with van der Waals surface area (Å²) in [6, 6.07) is 0.116. The van der Waals surface area contributed by atoms with E-state index in [0.29, 0.717) is 19.6 Å². The van der Waals surface area contributed by atoms with Gasteiger partial charge in [0.05, 0.1) is 12.4 Å². The molecule has 6 nitrogen and oxygen atoms in total. The molecule has 1 unspecified atom stereocenters. The van der Waals surface area contributed by atoms with Gasteiger partial charge in [0, 0.05) is 32.2 Å². The predicted octanol–water partition coefficient (Wildman–Crippen LogP) is -0.542. The summed E-state index contributed by atoms with van der Waals surface area (Å²) in [5.41, 5.74) is 0. The van der Waals surface area contributed by atoms with E-state index in [1.165, 1.54) is 0 Å². The second-order valence-electron chi connectivity index (χ2n) is 5.74. The lowest BCUT2D eigenvalue weighted by atomic mass is 10.1. The van der Waals surface area contributed by atoms with Gasteiger partial charge in [0.25, 0.3) is 0 Å². The molecular formula is C13H27N3O3S. The molecule has 0 radical (unpaired) electrons. The number of aliphatic hydroxyl groups excluding tert-OH is 1. The molecule has 2 aliphatic heterocycles.